The Balaban J connectivity index is 2.01. The average Bonchev–Trinajstić information content (AvgIpc) is 3.04. The fraction of sp³-hybridized carbons (Fsp3) is 0.357. The van der Waals surface area contributed by atoms with Crippen molar-refractivity contribution < 1.29 is 15.3 Å². The maximum absolute atomic E-state index is 9.23. The molecular formula is C14H19N3O3. The summed E-state index contributed by atoms with van der Waals surface area (Å²) >= 11 is 0. The highest BCUT2D eigenvalue weighted by Gasteiger charge is 2.26. The van der Waals surface area contributed by atoms with Gasteiger partial charge in [-0.1, -0.05) is 12.1 Å². The SMILES string of the molecule is OCC(CO)(CO)NCc1ccc(-n2ccnc2)cc1. The van der Waals surface area contributed by atoms with Gasteiger partial charge in [0.15, 0.2) is 0 Å². The molecule has 0 saturated heterocycles. The maximum atomic E-state index is 9.23. The monoisotopic (exact) mass is 277 g/mol. The van der Waals surface area contributed by atoms with Gasteiger partial charge in [0.05, 0.1) is 31.7 Å². The molecule has 0 fully saturated rings. The number of benzene rings is 1. The van der Waals surface area contributed by atoms with Crippen molar-refractivity contribution in [3.8, 4) is 5.69 Å². The third-order valence-corrected chi connectivity index (χ3v) is 3.31. The van der Waals surface area contributed by atoms with Crippen molar-refractivity contribution in [1.29, 1.82) is 0 Å². The van der Waals surface area contributed by atoms with Gasteiger partial charge in [0.2, 0.25) is 0 Å². The number of nitrogens with one attached hydrogen (secondary N) is 1. The zero-order chi connectivity index (χ0) is 14.4. The van der Waals surface area contributed by atoms with Crippen LogP contribution in [0.5, 0.6) is 0 Å². The van der Waals surface area contributed by atoms with Gasteiger partial charge in [0.1, 0.15) is 0 Å². The molecule has 0 bridgehead atoms. The maximum Gasteiger partial charge on any atom is 0.0991 e. The number of rotatable bonds is 7. The normalized spacial score (nSPS) is 11.8. The molecule has 4 N–H and O–H groups in total. The predicted molar refractivity (Wildman–Crippen MR) is 74.4 cm³/mol. The van der Waals surface area contributed by atoms with E-state index in [1.165, 1.54) is 0 Å². The molecule has 20 heavy (non-hydrogen) atoms. The van der Waals surface area contributed by atoms with Gasteiger partial charge in [0, 0.05) is 24.6 Å². The van der Waals surface area contributed by atoms with Crippen LogP contribution in [0.4, 0.5) is 0 Å². The van der Waals surface area contributed by atoms with Crippen molar-refractivity contribution >= 4 is 0 Å². The van der Waals surface area contributed by atoms with Gasteiger partial charge in [0.25, 0.3) is 0 Å². The summed E-state index contributed by atoms with van der Waals surface area (Å²) in [7, 11) is 0. The van der Waals surface area contributed by atoms with E-state index in [1.54, 1.807) is 12.5 Å². The van der Waals surface area contributed by atoms with Crippen LogP contribution in [0.25, 0.3) is 5.69 Å². The van der Waals surface area contributed by atoms with E-state index >= 15 is 0 Å². The molecule has 2 rings (SSSR count). The Morgan fingerprint density at radius 3 is 2.20 bits per heavy atom. The summed E-state index contributed by atoms with van der Waals surface area (Å²) in [4.78, 5) is 3.99. The zero-order valence-electron chi connectivity index (χ0n) is 11.1. The number of hydrogen-bond acceptors (Lipinski definition) is 5. The predicted octanol–water partition coefficient (Wildman–Crippen LogP) is -0.322. The largest absolute Gasteiger partial charge is 0.394 e. The summed E-state index contributed by atoms with van der Waals surface area (Å²) in [6.45, 7) is -0.529. The van der Waals surface area contributed by atoms with Crippen LogP contribution in [-0.4, -0.2) is 50.2 Å². The van der Waals surface area contributed by atoms with E-state index in [4.69, 9.17) is 0 Å². The van der Waals surface area contributed by atoms with E-state index in [2.05, 4.69) is 10.3 Å². The highest BCUT2D eigenvalue weighted by Crippen LogP contribution is 2.10. The van der Waals surface area contributed by atoms with Crippen molar-refractivity contribution in [2.45, 2.75) is 12.1 Å². The Hall–Kier alpha value is -1.73. The number of nitrogens with zero attached hydrogens (tertiary/aromatic N) is 2. The number of hydrogen-bond donors (Lipinski definition) is 4. The van der Waals surface area contributed by atoms with E-state index in [0.29, 0.717) is 6.54 Å². The van der Waals surface area contributed by atoms with Crippen molar-refractivity contribution in [2.24, 2.45) is 0 Å². The molecule has 0 unspecified atom stereocenters. The van der Waals surface area contributed by atoms with Crippen molar-refractivity contribution in [1.82, 2.24) is 14.9 Å². The molecule has 108 valence electrons. The van der Waals surface area contributed by atoms with Gasteiger partial charge < -0.3 is 25.2 Å². The fourth-order valence-electron chi connectivity index (χ4n) is 1.81. The highest BCUT2D eigenvalue weighted by atomic mass is 16.3. The topological polar surface area (TPSA) is 90.5 Å². The lowest BCUT2D eigenvalue weighted by Gasteiger charge is -2.28. The molecule has 0 amide bonds. The van der Waals surface area contributed by atoms with E-state index in [0.717, 1.165) is 11.3 Å². The highest BCUT2D eigenvalue weighted by molar-refractivity contribution is 5.34. The minimum Gasteiger partial charge on any atom is -0.394 e. The third kappa shape index (κ3) is 3.23. The molecule has 0 spiro atoms. The van der Waals surface area contributed by atoms with Crippen LogP contribution in [-0.2, 0) is 6.54 Å². The molecule has 1 heterocycles. The quantitative estimate of drug-likeness (QED) is 0.557. The van der Waals surface area contributed by atoms with Gasteiger partial charge in [-0.3, -0.25) is 0 Å². The van der Waals surface area contributed by atoms with Crippen LogP contribution in [0.2, 0.25) is 0 Å². The first kappa shape index (κ1) is 14.7. The summed E-state index contributed by atoms with van der Waals surface area (Å²) in [6, 6.07) is 7.80. The minimum absolute atomic E-state index is 0.326. The molecule has 0 saturated carbocycles. The van der Waals surface area contributed by atoms with Crippen molar-refractivity contribution in [2.75, 3.05) is 19.8 Å². The lowest BCUT2D eigenvalue weighted by Crippen LogP contribution is -2.54. The van der Waals surface area contributed by atoms with E-state index in [1.807, 2.05) is 35.0 Å². The van der Waals surface area contributed by atoms with Crippen LogP contribution in [0.1, 0.15) is 5.56 Å². The molecule has 6 heteroatoms. The van der Waals surface area contributed by atoms with Gasteiger partial charge in [-0.2, -0.15) is 0 Å². The third-order valence-electron chi connectivity index (χ3n) is 3.31. The second kappa shape index (κ2) is 6.62. The van der Waals surface area contributed by atoms with Crippen LogP contribution in [0.3, 0.4) is 0 Å². The number of aromatic nitrogens is 2. The molecule has 1 aromatic heterocycles. The molecular weight excluding hydrogens is 258 g/mol. The molecule has 6 nitrogen and oxygen atoms in total. The van der Waals surface area contributed by atoms with Gasteiger partial charge in [-0.05, 0) is 17.7 Å². The van der Waals surface area contributed by atoms with E-state index < -0.39 is 5.54 Å². The molecule has 0 aliphatic rings. The standard InChI is InChI=1S/C14H19N3O3/c18-8-14(9-19,10-20)16-7-12-1-3-13(4-2-12)17-6-5-15-11-17/h1-6,11,16,18-20H,7-10H2. The first-order valence-electron chi connectivity index (χ1n) is 6.38. The Bertz CT molecular complexity index is 499. The van der Waals surface area contributed by atoms with E-state index in [9.17, 15) is 15.3 Å². The van der Waals surface area contributed by atoms with Gasteiger partial charge in [-0.25, -0.2) is 4.98 Å². The molecule has 0 aliphatic carbocycles. The first-order valence-corrected chi connectivity index (χ1v) is 6.38. The number of imidazole rings is 1. The second-order valence-corrected chi connectivity index (χ2v) is 4.74. The number of aliphatic hydroxyl groups is 3. The molecule has 0 aliphatic heterocycles. The summed E-state index contributed by atoms with van der Waals surface area (Å²) in [6.07, 6.45) is 5.30. The summed E-state index contributed by atoms with van der Waals surface area (Å²) < 4.78 is 1.90. The average molecular weight is 277 g/mol. The lowest BCUT2D eigenvalue weighted by atomic mass is 10.0. The zero-order valence-corrected chi connectivity index (χ0v) is 11.1. The van der Waals surface area contributed by atoms with Crippen LogP contribution in [0, 0.1) is 0 Å². The van der Waals surface area contributed by atoms with Crippen molar-refractivity contribution in [3.05, 3.63) is 48.5 Å². The molecule has 0 atom stereocenters. The van der Waals surface area contributed by atoms with E-state index in [-0.39, 0.29) is 19.8 Å². The van der Waals surface area contributed by atoms with Crippen LogP contribution < -0.4 is 5.32 Å². The minimum atomic E-state index is -1.05. The molecule has 1 aromatic carbocycles. The van der Waals surface area contributed by atoms with Crippen LogP contribution >= 0.6 is 0 Å². The summed E-state index contributed by atoms with van der Waals surface area (Å²) in [5, 5.41) is 30.7. The second-order valence-electron chi connectivity index (χ2n) is 4.74. The Morgan fingerprint density at radius 1 is 1.05 bits per heavy atom. The fourth-order valence-corrected chi connectivity index (χ4v) is 1.81. The van der Waals surface area contributed by atoms with Gasteiger partial charge in [-0.15, -0.1) is 0 Å². The molecule has 0 radical (unpaired) electrons. The van der Waals surface area contributed by atoms with Crippen LogP contribution in [0.15, 0.2) is 43.0 Å². The Kier molecular flexibility index (Phi) is 4.86. The first-order chi connectivity index (χ1) is 9.73. The summed E-state index contributed by atoms with van der Waals surface area (Å²) in [5.41, 5.74) is 0.945. The Labute approximate surface area is 117 Å². The number of aliphatic hydroxyl groups excluding tert-OH is 3. The smallest absolute Gasteiger partial charge is 0.0991 e. The molecule has 2 aromatic rings. The van der Waals surface area contributed by atoms with Crippen molar-refractivity contribution in [3.63, 3.8) is 0 Å². The Morgan fingerprint density at radius 2 is 1.70 bits per heavy atom. The van der Waals surface area contributed by atoms with Gasteiger partial charge >= 0.3 is 0 Å². The lowest BCUT2D eigenvalue weighted by molar-refractivity contribution is 0.0414. The summed E-state index contributed by atoms with van der Waals surface area (Å²) in [5.74, 6) is 0.